The molecule has 1 atom stereocenters. The fraction of sp³-hybridized carbons (Fsp3) is 0.400. The van der Waals surface area contributed by atoms with Crippen LogP contribution >= 0.6 is 0 Å². The van der Waals surface area contributed by atoms with E-state index in [1.807, 2.05) is 0 Å². The maximum absolute atomic E-state index is 5.70. The van der Waals surface area contributed by atoms with E-state index in [1.54, 1.807) is 7.11 Å². The zero-order chi connectivity index (χ0) is 15.5. The number of aryl methyl sites for hydroxylation is 1. The second-order valence-corrected chi connectivity index (χ2v) is 6.79. The van der Waals surface area contributed by atoms with Crippen LogP contribution in [0.25, 0.3) is 0 Å². The van der Waals surface area contributed by atoms with Crippen LogP contribution in [0.15, 0.2) is 48.5 Å². The number of benzene rings is 2. The Morgan fingerprint density at radius 2 is 1.48 bits per heavy atom. The van der Waals surface area contributed by atoms with Crippen LogP contribution in [-0.2, 0) is 16.6 Å². The molecule has 0 spiro atoms. The normalized spacial score (nSPS) is 13.2. The van der Waals surface area contributed by atoms with E-state index in [0.717, 1.165) is 6.42 Å². The predicted octanol–water partition coefficient (Wildman–Crippen LogP) is 5.22. The molecule has 1 nitrogen and oxygen atoms in total. The Kier molecular flexibility index (Phi) is 4.84. The maximum atomic E-state index is 5.70. The van der Waals surface area contributed by atoms with Crippen molar-refractivity contribution in [3.63, 3.8) is 0 Å². The molecule has 0 aliphatic rings. The molecule has 0 amide bonds. The van der Waals surface area contributed by atoms with Gasteiger partial charge in [0.05, 0.1) is 6.10 Å². The molecule has 0 heterocycles. The second kappa shape index (κ2) is 6.44. The number of ether oxygens (including phenoxy) is 1. The van der Waals surface area contributed by atoms with Gasteiger partial charge in [0.15, 0.2) is 0 Å². The van der Waals surface area contributed by atoms with Crippen molar-refractivity contribution in [2.45, 2.75) is 45.6 Å². The molecule has 112 valence electrons. The van der Waals surface area contributed by atoms with Crippen molar-refractivity contribution < 1.29 is 4.74 Å². The minimum absolute atomic E-state index is 0.113. The quantitative estimate of drug-likeness (QED) is 0.746. The summed E-state index contributed by atoms with van der Waals surface area (Å²) in [7, 11) is 1.79. The first-order valence-electron chi connectivity index (χ1n) is 7.59. The zero-order valence-corrected chi connectivity index (χ0v) is 13.8. The highest BCUT2D eigenvalue weighted by Gasteiger charge is 2.15. The third-order valence-corrected chi connectivity index (χ3v) is 3.97. The SMILES string of the molecule is COC(Cc1ccc(C)cc1)c1ccc(C(C)(C)C)cc1. The Labute approximate surface area is 129 Å². The first-order chi connectivity index (χ1) is 9.90. The number of rotatable bonds is 4. The Morgan fingerprint density at radius 1 is 0.905 bits per heavy atom. The molecule has 21 heavy (non-hydrogen) atoms. The monoisotopic (exact) mass is 282 g/mol. The smallest absolute Gasteiger partial charge is 0.0861 e. The van der Waals surface area contributed by atoms with Gasteiger partial charge in [0.25, 0.3) is 0 Å². The van der Waals surface area contributed by atoms with Crippen LogP contribution in [0, 0.1) is 6.92 Å². The van der Waals surface area contributed by atoms with Crippen molar-refractivity contribution in [3.8, 4) is 0 Å². The molecule has 1 unspecified atom stereocenters. The molecule has 0 aliphatic heterocycles. The molecule has 1 heteroatoms. The minimum atomic E-state index is 0.113. The lowest BCUT2D eigenvalue weighted by molar-refractivity contribution is 0.104. The molecule has 2 aromatic carbocycles. The van der Waals surface area contributed by atoms with E-state index in [4.69, 9.17) is 4.74 Å². The summed E-state index contributed by atoms with van der Waals surface area (Å²) in [6, 6.07) is 17.5. The van der Waals surface area contributed by atoms with Gasteiger partial charge in [-0.15, -0.1) is 0 Å². The van der Waals surface area contributed by atoms with Crippen LogP contribution in [0.3, 0.4) is 0 Å². The van der Waals surface area contributed by atoms with Crippen LogP contribution in [-0.4, -0.2) is 7.11 Å². The first-order valence-corrected chi connectivity index (χ1v) is 7.59. The van der Waals surface area contributed by atoms with Gasteiger partial charge < -0.3 is 4.74 Å². The zero-order valence-electron chi connectivity index (χ0n) is 13.8. The van der Waals surface area contributed by atoms with Gasteiger partial charge in [-0.2, -0.15) is 0 Å². The summed E-state index contributed by atoms with van der Waals surface area (Å²) in [6.07, 6.45) is 1.02. The van der Waals surface area contributed by atoms with E-state index in [2.05, 4.69) is 76.2 Å². The lowest BCUT2D eigenvalue weighted by Crippen LogP contribution is -2.11. The summed E-state index contributed by atoms with van der Waals surface area (Å²) in [5, 5.41) is 0. The molecule has 0 radical (unpaired) electrons. The van der Waals surface area contributed by atoms with Crippen LogP contribution in [0.5, 0.6) is 0 Å². The minimum Gasteiger partial charge on any atom is -0.376 e. The summed E-state index contributed by atoms with van der Waals surface area (Å²) in [6.45, 7) is 8.83. The van der Waals surface area contributed by atoms with Crippen LogP contribution in [0.4, 0.5) is 0 Å². The standard InChI is InChI=1S/C20H26O/c1-15-6-8-16(9-7-15)14-19(21-5)17-10-12-18(13-11-17)20(2,3)4/h6-13,19H,14H2,1-5H3. The van der Waals surface area contributed by atoms with Gasteiger partial charge >= 0.3 is 0 Å². The van der Waals surface area contributed by atoms with Gasteiger partial charge in [-0.1, -0.05) is 74.9 Å². The van der Waals surface area contributed by atoms with Crippen LogP contribution < -0.4 is 0 Å². The average Bonchev–Trinajstić information content (AvgIpc) is 2.46. The summed E-state index contributed by atoms with van der Waals surface area (Å²) >= 11 is 0. The number of hydrogen-bond donors (Lipinski definition) is 0. The van der Waals surface area contributed by atoms with Gasteiger partial charge in [0.1, 0.15) is 0 Å². The molecule has 2 aromatic rings. The van der Waals surface area contributed by atoms with Crippen molar-refractivity contribution in [2.75, 3.05) is 7.11 Å². The average molecular weight is 282 g/mol. The Morgan fingerprint density at radius 3 is 1.95 bits per heavy atom. The van der Waals surface area contributed by atoms with E-state index in [9.17, 15) is 0 Å². The molecule has 0 saturated heterocycles. The highest BCUT2D eigenvalue weighted by atomic mass is 16.5. The van der Waals surface area contributed by atoms with E-state index in [0.29, 0.717) is 0 Å². The second-order valence-electron chi connectivity index (χ2n) is 6.79. The third-order valence-electron chi connectivity index (χ3n) is 3.97. The molecule has 0 aliphatic carbocycles. The lowest BCUT2D eigenvalue weighted by atomic mass is 9.86. The summed E-state index contributed by atoms with van der Waals surface area (Å²) in [4.78, 5) is 0. The number of methoxy groups -OCH3 is 1. The van der Waals surface area contributed by atoms with Gasteiger partial charge in [0, 0.05) is 13.5 Å². The van der Waals surface area contributed by atoms with Crippen molar-refractivity contribution in [1.82, 2.24) is 0 Å². The molecule has 0 saturated carbocycles. The van der Waals surface area contributed by atoms with Gasteiger partial charge in [0.2, 0.25) is 0 Å². The first kappa shape index (κ1) is 15.8. The van der Waals surface area contributed by atoms with Crippen molar-refractivity contribution >= 4 is 0 Å². The van der Waals surface area contributed by atoms with Crippen molar-refractivity contribution in [2.24, 2.45) is 0 Å². The fourth-order valence-electron chi connectivity index (χ4n) is 2.47. The van der Waals surface area contributed by atoms with Crippen LogP contribution in [0.2, 0.25) is 0 Å². The van der Waals surface area contributed by atoms with E-state index in [1.165, 1.54) is 22.3 Å². The number of hydrogen-bond acceptors (Lipinski definition) is 1. The molecule has 0 aromatic heterocycles. The van der Waals surface area contributed by atoms with E-state index >= 15 is 0 Å². The molecule has 0 bridgehead atoms. The summed E-state index contributed by atoms with van der Waals surface area (Å²) in [5.74, 6) is 0. The van der Waals surface area contributed by atoms with Crippen LogP contribution in [0.1, 0.15) is 49.1 Å². The third kappa shape index (κ3) is 4.18. The van der Waals surface area contributed by atoms with E-state index in [-0.39, 0.29) is 11.5 Å². The van der Waals surface area contributed by atoms with Crippen molar-refractivity contribution in [3.05, 3.63) is 70.8 Å². The fourth-order valence-corrected chi connectivity index (χ4v) is 2.47. The molecular formula is C20H26O. The van der Waals surface area contributed by atoms with Gasteiger partial charge in [-0.05, 0) is 29.0 Å². The largest absolute Gasteiger partial charge is 0.376 e. The molecule has 2 rings (SSSR count). The maximum Gasteiger partial charge on any atom is 0.0861 e. The molecule has 0 fully saturated rings. The summed E-state index contributed by atoms with van der Waals surface area (Å²) < 4.78 is 5.70. The Hall–Kier alpha value is -1.60. The lowest BCUT2D eigenvalue weighted by Gasteiger charge is -2.21. The predicted molar refractivity (Wildman–Crippen MR) is 89.8 cm³/mol. The van der Waals surface area contributed by atoms with Gasteiger partial charge in [-0.25, -0.2) is 0 Å². The topological polar surface area (TPSA) is 9.23 Å². The van der Waals surface area contributed by atoms with E-state index < -0.39 is 0 Å². The van der Waals surface area contributed by atoms with Gasteiger partial charge in [-0.3, -0.25) is 0 Å². The highest BCUT2D eigenvalue weighted by molar-refractivity contribution is 5.30. The molecular weight excluding hydrogens is 256 g/mol. The van der Waals surface area contributed by atoms with Crippen molar-refractivity contribution in [1.29, 1.82) is 0 Å². The molecule has 0 N–H and O–H groups in total. The highest BCUT2D eigenvalue weighted by Crippen LogP contribution is 2.26. The Bertz CT molecular complexity index is 558. The summed E-state index contributed by atoms with van der Waals surface area (Å²) in [5.41, 5.74) is 5.40. The Balaban J connectivity index is 2.15.